The molecule has 0 atom stereocenters. The number of amides is 1. The van der Waals surface area contributed by atoms with Crippen LogP contribution in [0.3, 0.4) is 0 Å². The Morgan fingerprint density at radius 1 is 1.36 bits per heavy atom. The molecule has 0 aromatic carbocycles. The van der Waals surface area contributed by atoms with Crippen molar-refractivity contribution in [3.8, 4) is 6.07 Å². The van der Waals surface area contributed by atoms with E-state index in [1.165, 1.54) is 4.52 Å². The van der Waals surface area contributed by atoms with Gasteiger partial charge in [-0.25, -0.2) is 9.50 Å². The maximum Gasteiger partial charge on any atom is 0.263 e. The Kier molecular flexibility index (Phi) is 4.74. The Balaban J connectivity index is 1.64. The lowest BCUT2D eigenvalue weighted by atomic mass is 10.2. The number of carbonyl (C=O) groups excluding carboxylic acids is 1. The van der Waals surface area contributed by atoms with Crippen LogP contribution in [0.5, 0.6) is 0 Å². The van der Waals surface area contributed by atoms with E-state index in [9.17, 15) is 4.79 Å². The second kappa shape index (κ2) is 7.50. The minimum absolute atomic E-state index is 0.0757. The summed E-state index contributed by atoms with van der Waals surface area (Å²) in [5, 5.41) is 19.2. The average molecular weight is 377 g/mol. The first-order valence-electron chi connectivity index (χ1n) is 8.88. The highest BCUT2D eigenvalue weighted by atomic mass is 16.1. The van der Waals surface area contributed by atoms with Crippen LogP contribution in [-0.4, -0.2) is 51.7 Å². The molecule has 28 heavy (non-hydrogen) atoms. The van der Waals surface area contributed by atoms with Crippen molar-refractivity contribution >= 4 is 28.7 Å². The standard InChI is InChI=1S/C18H19N9O/c19-3-1-12-9-23-17-15(16(20)25-27(17)11-12)18(28)24-13-10-22-4-2-14(13)26-7-5-21-6-8-26/h2,4,9-11,21H,1,5-8H2,(H2,20,25)(H,24,28). The fraction of sp³-hybridized carbons (Fsp3) is 0.278. The summed E-state index contributed by atoms with van der Waals surface area (Å²) in [5.41, 5.74) is 8.72. The maximum absolute atomic E-state index is 13.0. The molecular weight excluding hydrogens is 358 g/mol. The van der Waals surface area contributed by atoms with Gasteiger partial charge in [-0.3, -0.25) is 9.78 Å². The zero-order valence-corrected chi connectivity index (χ0v) is 15.1. The van der Waals surface area contributed by atoms with Crippen LogP contribution >= 0.6 is 0 Å². The lowest BCUT2D eigenvalue weighted by molar-refractivity contribution is 0.102. The molecule has 1 amide bonds. The summed E-state index contributed by atoms with van der Waals surface area (Å²) in [6.45, 7) is 3.45. The Morgan fingerprint density at radius 3 is 2.96 bits per heavy atom. The normalized spacial score (nSPS) is 14.0. The summed E-state index contributed by atoms with van der Waals surface area (Å²) < 4.78 is 1.43. The number of hydrogen-bond acceptors (Lipinski definition) is 8. The molecule has 3 aromatic heterocycles. The molecule has 0 spiro atoms. The zero-order chi connectivity index (χ0) is 19.5. The number of carbonyl (C=O) groups is 1. The summed E-state index contributed by atoms with van der Waals surface area (Å²) in [6, 6.07) is 3.94. The summed E-state index contributed by atoms with van der Waals surface area (Å²) in [7, 11) is 0. The van der Waals surface area contributed by atoms with Gasteiger partial charge in [0.25, 0.3) is 5.91 Å². The Morgan fingerprint density at radius 2 is 2.18 bits per heavy atom. The summed E-state index contributed by atoms with van der Waals surface area (Å²) in [4.78, 5) is 23.6. The Labute approximate surface area is 161 Å². The van der Waals surface area contributed by atoms with Gasteiger partial charge in [0.15, 0.2) is 11.5 Å². The first-order valence-corrected chi connectivity index (χ1v) is 8.88. The molecule has 4 N–H and O–H groups in total. The monoisotopic (exact) mass is 377 g/mol. The number of nitriles is 1. The van der Waals surface area contributed by atoms with E-state index in [0.29, 0.717) is 16.9 Å². The molecule has 0 bridgehead atoms. The average Bonchev–Trinajstić information content (AvgIpc) is 3.04. The van der Waals surface area contributed by atoms with Crippen molar-refractivity contribution in [2.75, 3.05) is 42.1 Å². The molecular formula is C18H19N9O. The summed E-state index contributed by atoms with van der Waals surface area (Å²) >= 11 is 0. The van der Waals surface area contributed by atoms with Crippen LogP contribution in [0.15, 0.2) is 30.9 Å². The van der Waals surface area contributed by atoms with E-state index in [4.69, 9.17) is 11.0 Å². The van der Waals surface area contributed by atoms with E-state index in [1.54, 1.807) is 24.8 Å². The molecule has 4 heterocycles. The lowest BCUT2D eigenvalue weighted by Gasteiger charge is -2.30. The van der Waals surface area contributed by atoms with Gasteiger partial charge < -0.3 is 21.3 Å². The second-order valence-electron chi connectivity index (χ2n) is 6.41. The number of pyridine rings is 1. The largest absolute Gasteiger partial charge is 0.381 e. The van der Waals surface area contributed by atoms with Crippen molar-refractivity contribution in [1.29, 1.82) is 5.26 Å². The fourth-order valence-electron chi connectivity index (χ4n) is 3.24. The van der Waals surface area contributed by atoms with E-state index < -0.39 is 5.91 Å². The van der Waals surface area contributed by atoms with Crippen molar-refractivity contribution in [3.63, 3.8) is 0 Å². The highest BCUT2D eigenvalue weighted by Crippen LogP contribution is 2.26. The Bertz CT molecular complexity index is 1060. The Hall–Kier alpha value is -3.71. The van der Waals surface area contributed by atoms with Gasteiger partial charge in [0.1, 0.15) is 5.56 Å². The lowest BCUT2D eigenvalue weighted by Crippen LogP contribution is -2.43. The maximum atomic E-state index is 13.0. The van der Waals surface area contributed by atoms with Gasteiger partial charge in [0.05, 0.1) is 30.1 Å². The number of nitrogens with two attached hydrogens (primary N) is 1. The van der Waals surface area contributed by atoms with E-state index in [1.807, 2.05) is 6.07 Å². The molecule has 0 unspecified atom stereocenters. The fourth-order valence-corrected chi connectivity index (χ4v) is 3.24. The van der Waals surface area contributed by atoms with Gasteiger partial charge in [-0.15, -0.1) is 5.10 Å². The number of hydrogen-bond donors (Lipinski definition) is 3. The molecule has 1 aliphatic heterocycles. The highest BCUT2D eigenvalue weighted by Gasteiger charge is 2.22. The van der Waals surface area contributed by atoms with E-state index >= 15 is 0 Å². The van der Waals surface area contributed by atoms with Gasteiger partial charge in [0, 0.05) is 50.3 Å². The number of nitrogen functional groups attached to an aromatic ring is 1. The number of piperazine rings is 1. The molecule has 3 aromatic rings. The molecule has 0 radical (unpaired) electrons. The number of fused-ring (bicyclic) bond motifs is 1. The molecule has 10 heteroatoms. The van der Waals surface area contributed by atoms with Crippen LogP contribution in [-0.2, 0) is 6.42 Å². The van der Waals surface area contributed by atoms with Crippen molar-refractivity contribution in [1.82, 2.24) is 24.9 Å². The third kappa shape index (κ3) is 3.30. The molecule has 0 aliphatic carbocycles. The first-order chi connectivity index (χ1) is 13.7. The van der Waals surface area contributed by atoms with Gasteiger partial charge in [-0.1, -0.05) is 0 Å². The number of nitrogens with zero attached hydrogens (tertiary/aromatic N) is 6. The minimum atomic E-state index is -0.405. The van der Waals surface area contributed by atoms with Crippen molar-refractivity contribution in [3.05, 3.63) is 42.0 Å². The predicted octanol–water partition coefficient (Wildman–Crippen LogP) is 0.434. The number of rotatable bonds is 4. The van der Waals surface area contributed by atoms with Crippen LogP contribution in [0.2, 0.25) is 0 Å². The van der Waals surface area contributed by atoms with Crippen molar-refractivity contribution < 1.29 is 4.79 Å². The van der Waals surface area contributed by atoms with Gasteiger partial charge >= 0.3 is 0 Å². The minimum Gasteiger partial charge on any atom is -0.381 e. The van der Waals surface area contributed by atoms with Crippen LogP contribution in [0.1, 0.15) is 15.9 Å². The highest BCUT2D eigenvalue weighted by molar-refractivity contribution is 6.12. The third-order valence-corrected chi connectivity index (χ3v) is 4.57. The molecule has 142 valence electrons. The predicted molar refractivity (Wildman–Crippen MR) is 104 cm³/mol. The molecule has 10 nitrogen and oxygen atoms in total. The smallest absolute Gasteiger partial charge is 0.263 e. The van der Waals surface area contributed by atoms with Crippen LogP contribution in [0.4, 0.5) is 17.2 Å². The van der Waals surface area contributed by atoms with Crippen LogP contribution < -0.4 is 21.3 Å². The molecule has 1 saturated heterocycles. The van der Waals surface area contributed by atoms with E-state index in [2.05, 4.69) is 36.7 Å². The zero-order valence-electron chi connectivity index (χ0n) is 15.1. The SMILES string of the molecule is N#CCc1cnc2c(C(=O)Nc3cnccc3N3CCNCC3)c(N)nn2c1. The van der Waals surface area contributed by atoms with E-state index in [0.717, 1.165) is 31.9 Å². The molecule has 1 aliphatic rings. The molecule has 4 rings (SSSR count). The number of aromatic nitrogens is 4. The summed E-state index contributed by atoms with van der Waals surface area (Å²) in [5.74, 6) is -0.330. The quantitative estimate of drug-likeness (QED) is 0.595. The van der Waals surface area contributed by atoms with Crippen molar-refractivity contribution in [2.24, 2.45) is 0 Å². The van der Waals surface area contributed by atoms with Crippen LogP contribution in [0.25, 0.3) is 5.65 Å². The number of nitrogens with one attached hydrogen (secondary N) is 2. The number of anilines is 3. The summed E-state index contributed by atoms with van der Waals surface area (Å²) in [6.07, 6.45) is 6.72. The van der Waals surface area contributed by atoms with Gasteiger partial charge in [0.2, 0.25) is 0 Å². The molecule has 0 saturated carbocycles. The first kappa shape index (κ1) is 17.7. The van der Waals surface area contributed by atoms with Crippen LogP contribution in [0, 0.1) is 11.3 Å². The van der Waals surface area contributed by atoms with Crippen molar-refractivity contribution in [2.45, 2.75) is 6.42 Å². The van der Waals surface area contributed by atoms with E-state index in [-0.39, 0.29) is 17.8 Å². The van der Waals surface area contributed by atoms with Gasteiger partial charge in [-0.05, 0) is 6.07 Å². The van der Waals surface area contributed by atoms with Gasteiger partial charge in [-0.2, -0.15) is 5.26 Å². The second-order valence-corrected chi connectivity index (χ2v) is 6.41. The third-order valence-electron chi connectivity index (χ3n) is 4.57. The molecule has 1 fully saturated rings. The topological polar surface area (TPSA) is 137 Å².